The van der Waals surface area contributed by atoms with Crippen LogP contribution < -0.4 is 4.46 Å². The molecule has 0 bridgehead atoms. The molecule has 0 amide bonds. The van der Waals surface area contributed by atoms with E-state index in [1.165, 1.54) is 4.46 Å². The molecule has 0 aliphatic carbocycles. The van der Waals surface area contributed by atoms with Gasteiger partial charge in [-0.25, -0.2) is 0 Å². The van der Waals surface area contributed by atoms with Crippen LogP contribution in [0.2, 0.25) is 5.32 Å². The fourth-order valence-electron chi connectivity index (χ4n) is 1.30. The number of hydrogen-bond acceptors (Lipinski definition) is 1. The van der Waals surface area contributed by atoms with E-state index in [0.29, 0.717) is 26.7 Å². The van der Waals surface area contributed by atoms with E-state index in [1.54, 1.807) is 6.92 Å². The van der Waals surface area contributed by atoms with Gasteiger partial charge in [0.25, 0.3) is 0 Å². The molecule has 0 saturated carbocycles. The van der Waals surface area contributed by atoms with E-state index in [9.17, 15) is 4.79 Å². The molecule has 0 aliphatic rings. The standard InChI is InChI=1S/C12H16OSe/c1-10(8-11(2)13)9-14-12-6-4-3-5-7-12/h3-7,10H,8-9H2,1-2H3. The van der Waals surface area contributed by atoms with Crippen LogP contribution in [0, 0.1) is 5.92 Å². The van der Waals surface area contributed by atoms with Gasteiger partial charge in [-0.2, -0.15) is 0 Å². The molecule has 0 N–H and O–H groups in total. The van der Waals surface area contributed by atoms with Gasteiger partial charge in [-0.1, -0.05) is 0 Å². The number of ketones is 1. The second-order valence-corrected chi connectivity index (χ2v) is 5.93. The monoisotopic (exact) mass is 256 g/mol. The minimum atomic E-state index is 0.307. The third kappa shape index (κ3) is 4.59. The predicted octanol–water partition coefficient (Wildman–Crippen LogP) is 2.05. The van der Waals surface area contributed by atoms with Gasteiger partial charge in [-0.3, -0.25) is 0 Å². The SMILES string of the molecule is CC(=O)CC(C)C[Se]c1ccccc1. The van der Waals surface area contributed by atoms with Crippen molar-refractivity contribution in [3.8, 4) is 0 Å². The quantitative estimate of drug-likeness (QED) is 0.736. The Morgan fingerprint density at radius 3 is 2.57 bits per heavy atom. The van der Waals surface area contributed by atoms with Gasteiger partial charge in [0.15, 0.2) is 0 Å². The molecule has 1 nitrogen and oxygen atoms in total. The fourth-order valence-corrected chi connectivity index (χ4v) is 3.29. The third-order valence-electron chi connectivity index (χ3n) is 1.91. The molecule has 1 aromatic carbocycles. The van der Waals surface area contributed by atoms with Crippen LogP contribution in [0.1, 0.15) is 20.3 Å². The summed E-state index contributed by atoms with van der Waals surface area (Å²) in [7, 11) is 0. The van der Waals surface area contributed by atoms with Crippen molar-refractivity contribution in [1.82, 2.24) is 0 Å². The summed E-state index contributed by atoms with van der Waals surface area (Å²) in [6.07, 6.45) is 0.731. The Bertz CT molecular complexity index is 282. The summed E-state index contributed by atoms with van der Waals surface area (Å²) in [5.74, 6) is 0.842. The summed E-state index contributed by atoms with van der Waals surface area (Å²) < 4.78 is 1.43. The molecule has 0 aromatic heterocycles. The first kappa shape index (κ1) is 11.5. The molecule has 0 heterocycles. The average Bonchev–Trinajstić information content (AvgIpc) is 2.15. The van der Waals surface area contributed by atoms with Crippen LogP contribution in [0.15, 0.2) is 30.3 Å². The number of carbonyl (C=O) groups is 1. The predicted molar refractivity (Wildman–Crippen MR) is 61.1 cm³/mol. The number of carbonyl (C=O) groups excluding carboxylic acids is 1. The fraction of sp³-hybridized carbons (Fsp3) is 0.417. The summed E-state index contributed by atoms with van der Waals surface area (Å²) in [4.78, 5) is 10.9. The van der Waals surface area contributed by atoms with Gasteiger partial charge in [0, 0.05) is 0 Å². The molecule has 0 aliphatic heterocycles. The number of rotatable bonds is 5. The van der Waals surface area contributed by atoms with Crippen molar-refractivity contribution in [3.63, 3.8) is 0 Å². The van der Waals surface area contributed by atoms with Crippen LogP contribution in [0.3, 0.4) is 0 Å². The maximum atomic E-state index is 10.9. The van der Waals surface area contributed by atoms with E-state index >= 15 is 0 Å². The average molecular weight is 255 g/mol. The zero-order valence-corrected chi connectivity index (χ0v) is 10.4. The molecule has 1 aromatic rings. The van der Waals surface area contributed by atoms with Crippen LogP contribution in [0.4, 0.5) is 0 Å². The van der Waals surface area contributed by atoms with Crippen molar-refractivity contribution in [3.05, 3.63) is 30.3 Å². The Hall–Kier alpha value is -0.591. The molecule has 1 unspecified atom stereocenters. The molecule has 0 radical (unpaired) electrons. The zero-order valence-electron chi connectivity index (χ0n) is 8.69. The summed E-state index contributed by atoms with van der Waals surface area (Å²) in [5.41, 5.74) is 0. The van der Waals surface area contributed by atoms with E-state index in [2.05, 4.69) is 31.2 Å². The van der Waals surface area contributed by atoms with Gasteiger partial charge in [0.1, 0.15) is 0 Å². The first-order valence-electron chi connectivity index (χ1n) is 4.86. The topological polar surface area (TPSA) is 17.1 Å². The number of hydrogen-bond donors (Lipinski definition) is 0. The zero-order chi connectivity index (χ0) is 10.4. The molecule has 0 spiro atoms. The molecule has 1 atom stereocenters. The molecule has 0 fully saturated rings. The number of Topliss-reactive ketones (excluding diaryl/α,β-unsaturated/α-hetero) is 1. The maximum absolute atomic E-state index is 10.9. The Kier molecular flexibility index (Phi) is 4.92. The van der Waals surface area contributed by atoms with E-state index < -0.39 is 0 Å². The van der Waals surface area contributed by atoms with E-state index in [1.807, 2.05) is 6.07 Å². The van der Waals surface area contributed by atoms with E-state index in [0.717, 1.165) is 11.7 Å². The second kappa shape index (κ2) is 6.00. The second-order valence-electron chi connectivity index (χ2n) is 3.64. The minimum absolute atomic E-state index is 0.307. The molecule has 14 heavy (non-hydrogen) atoms. The van der Waals surface area contributed by atoms with Crippen LogP contribution >= 0.6 is 0 Å². The molecular weight excluding hydrogens is 239 g/mol. The van der Waals surface area contributed by atoms with E-state index in [-0.39, 0.29) is 0 Å². The normalized spacial score (nSPS) is 12.4. The summed E-state index contributed by atoms with van der Waals surface area (Å²) in [5, 5.41) is 1.16. The first-order chi connectivity index (χ1) is 6.68. The van der Waals surface area contributed by atoms with Crippen molar-refractivity contribution in [2.45, 2.75) is 25.6 Å². The van der Waals surface area contributed by atoms with Crippen molar-refractivity contribution < 1.29 is 4.79 Å². The van der Waals surface area contributed by atoms with Crippen LogP contribution in [-0.4, -0.2) is 20.7 Å². The Morgan fingerprint density at radius 1 is 1.36 bits per heavy atom. The van der Waals surface area contributed by atoms with Gasteiger partial charge in [0.05, 0.1) is 0 Å². The van der Waals surface area contributed by atoms with Crippen molar-refractivity contribution in [2.75, 3.05) is 0 Å². The Morgan fingerprint density at radius 2 is 2.00 bits per heavy atom. The number of benzene rings is 1. The summed E-state index contributed by atoms with van der Waals surface area (Å²) in [6, 6.07) is 10.5. The summed E-state index contributed by atoms with van der Waals surface area (Å²) >= 11 is 0.524. The van der Waals surface area contributed by atoms with E-state index in [4.69, 9.17) is 0 Å². The van der Waals surface area contributed by atoms with Crippen LogP contribution in [0.5, 0.6) is 0 Å². The van der Waals surface area contributed by atoms with Crippen molar-refractivity contribution in [2.24, 2.45) is 5.92 Å². The van der Waals surface area contributed by atoms with Gasteiger partial charge in [-0.15, -0.1) is 0 Å². The molecule has 1 rings (SSSR count). The Balaban J connectivity index is 2.30. The third-order valence-corrected chi connectivity index (χ3v) is 4.73. The van der Waals surface area contributed by atoms with Gasteiger partial charge in [-0.05, 0) is 0 Å². The summed E-state index contributed by atoms with van der Waals surface area (Å²) in [6.45, 7) is 3.83. The van der Waals surface area contributed by atoms with Crippen molar-refractivity contribution >= 4 is 25.2 Å². The molecule has 76 valence electrons. The van der Waals surface area contributed by atoms with Crippen LogP contribution in [-0.2, 0) is 4.79 Å². The molecular formula is C12H16OSe. The first-order valence-corrected chi connectivity index (χ1v) is 6.92. The Labute approximate surface area is 92.1 Å². The molecule has 0 saturated heterocycles. The van der Waals surface area contributed by atoms with Gasteiger partial charge >= 0.3 is 91.8 Å². The van der Waals surface area contributed by atoms with Crippen molar-refractivity contribution in [1.29, 1.82) is 0 Å². The molecule has 2 heteroatoms. The van der Waals surface area contributed by atoms with Crippen LogP contribution in [0.25, 0.3) is 0 Å². The van der Waals surface area contributed by atoms with Gasteiger partial charge < -0.3 is 0 Å². The van der Waals surface area contributed by atoms with Gasteiger partial charge in [0.2, 0.25) is 0 Å².